The molecule has 0 radical (unpaired) electrons. The highest BCUT2D eigenvalue weighted by Crippen LogP contribution is 2.42. The SMILES string of the molecule is Cc1cnn(-c2ccccc2C2(CN)CCCC2)c1. The second kappa shape index (κ2) is 4.82. The quantitative estimate of drug-likeness (QED) is 0.916. The first-order valence-corrected chi connectivity index (χ1v) is 7.06. The number of para-hydroxylation sites is 1. The number of aryl methyl sites for hydroxylation is 1. The summed E-state index contributed by atoms with van der Waals surface area (Å²) in [4.78, 5) is 0. The van der Waals surface area contributed by atoms with Crippen molar-refractivity contribution in [2.75, 3.05) is 6.54 Å². The molecule has 1 aromatic carbocycles. The van der Waals surface area contributed by atoms with Gasteiger partial charge in [-0.05, 0) is 37.0 Å². The molecular weight excluding hydrogens is 234 g/mol. The molecule has 0 unspecified atom stereocenters. The van der Waals surface area contributed by atoms with Gasteiger partial charge < -0.3 is 5.73 Å². The molecule has 1 aliphatic carbocycles. The molecule has 3 rings (SSSR count). The largest absolute Gasteiger partial charge is 0.330 e. The zero-order valence-corrected chi connectivity index (χ0v) is 11.5. The van der Waals surface area contributed by atoms with Gasteiger partial charge in [0.05, 0.1) is 11.9 Å². The minimum absolute atomic E-state index is 0.149. The van der Waals surface area contributed by atoms with Gasteiger partial charge >= 0.3 is 0 Å². The van der Waals surface area contributed by atoms with Crippen molar-refractivity contribution in [1.82, 2.24) is 9.78 Å². The van der Waals surface area contributed by atoms with Crippen molar-refractivity contribution >= 4 is 0 Å². The van der Waals surface area contributed by atoms with Crippen LogP contribution in [-0.2, 0) is 5.41 Å². The van der Waals surface area contributed by atoms with E-state index in [-0.39, 0.29) is 5.41 Å². The summed E-state index contributed by atoms with van der Waals surface area (Å²) in [6.45, 7) is 2.80. The third-order valence-electron chi connectivity index (χ3n) is 4.39. The fourth-order valence-corrected chi connectivity index (χ4v) is 3.30. The normalized spacial score (nSPS) is 17.8. The first-order chi connectivity index (χ1) is 9.25. The lowest BCUT2D eigenvalue weighted by Crippen LogP contribution is -2.33. The van der Waals surface area contributed by atoms with Crippen molar-refractivity contribution in [2.24, 2.45) is 5.73 Å². The predicted molar refractivity (Wildman–Crippen MR) is 77.5 cm³/mol. The molecule has 0 aliphatic heterocycles. The van der Waals surface area contributed by atoms with Gasteiger partial charge in [0.1, 0.15) is 0 Å². The zero-order valence-electron chi connectivity index (χ0n) is 11.5. The Balaban J connectivity index is 2.11. The van der Waals surface area contributed by atoms with Crippen LogP contribution in [0.15, 0.2) is 36.7 Å². The monoisotopic (exact) mass is 255 g/mol. The standard InChI is InChI=1S/C16H21N3/c1-13-10-18-19(11-13)15-7-3-2-6-14(15)16(12-17)8-4-5-9-16/h2-3,6-7,10-11H,4-5,8-9,12,17H2,1H3. The number of rotatable bonds is 3. The van der Waals surface area contributed by atoms with Crippen molar-refractivity contribution in [1.29, 1.82) is 0 Å². The van der Waals surface area contributed by atoms with E-state index in [9.17, 15) is 0 Å². The highest BCUT2D eigenvalue weighted by molar-refractivity contribution is 5.46. The third-order valence-corrected chi connectivity index (χ3v) is 4.39. The van der Waals surface area contributed by atoms with Crippen LogP contribution in [0.25, 0.3) is 5.69 Å². The van der Waals surface area contributed by atoms with E-state index in [4.69, 9.17) is 5.73 Å². The lowest BCUT2D eigenvalue weighted by Gasteiger charge is -2.30. The first kappa shape index (κ1) is 12.4. The lowest BCUT2D eigenvalue weighted by atomic mass is 9.78. The van der Waals surface area contributed by atoms with Crippen LogP contribution in [0.4, 0.5) is 0 Å². The minimum atomic E-state index is 0.149. The van der Waals surface area contributed by atoms with Crippen LogP contribution in [0.3, 0.4) is 0 Å². The fourth-order valence-electron chi connectivity index (χ4n) is 3.30. The molecule has 0 amide bonds. The van der Waals surface area contributed by atoms with E-state index in [1.165, 1.54) is 42.5 Å². The molecule has 3 nitrogen and oxygen atoms in total. The van der Waals surface area contributed by atoms with E-state index in [1.54, 1.807) is 0 Å². The molecule has 0 bridgehead atoms. The van der Waals surface area contributed by atoms with Gasteiger partial charge in [0, 0.05) is 18.2 Å². The number of hydrogen-bond donors (Lipinski definition) is 1. The molecule has 0 saturated heterocycles. The molecule has 2 N–H and O–H groups in total. The van der Waals surface area contributed by atoms with E-state index in [0.717, 1.165) is 6.54 Å². The Morgan fingerprint density at radius 1 is 1.26 bits per heavy atom. The van der Waals surface area contributed by atoms with E-state index in [1.807, 2.05) is 10.9 Å². The van der Waals surface area contributed by atoms with Crippen LogP contribution in [0, 0.1) is 6.92 Å². The number of nitrogens with zero attached hydrogens (tertiary/aromatic N) is 2. The summed E-state index contributed by atoms with van der Waals surface area (Å²) in [5.41, 5.74) is 10.00. The van der Waals surface area contributed by atoms with Crippen molar-refractivity contribution in [3.05, 3.63) is 47.8 Å². The average molecular weight is 255 g/mol. The summed E-state index contributed by atoms with van der Waals surface area (Å²) in [5, 5.41) is 4.46. The molecule has 1 heterocycles. The lowest BCUT2D eigenvalue weighted by molar-refractivity contribution is 0.450. The summed E-state index contributed by atoms with van der Waals surface area (Å²) in [6.07, 6.45) is 8.94. The van der Waals surface area contributed by atoms with E-state index in [2.05, 4.69) is 42.5 Å². The van der Waals surface area contributed by atoms with Gasteiger partial charge in [0.2, 0.25) is 0 Å². The van der Waals surface area contributed by atoms with Gasteiger partial charge in [-0.2, -0.15) is 5.10 Å². The second-order valence-electron chi connectivity index (χ2n) is 5.67. The summed E-state index contributed by atoms with van der Waals surface area (Å²) in [5.74, 6) is 0. The first-order valence-electron chi connectivity index (χ1n) is 7.06. The highest BCUT2D eigenvalue weighted by Gasteiger charge is 2.36. The summed E-state index contributed by atoms with van der Waals surface area (Å²) < 4.78 is 1.99. The number of benzene rings is 1. The van der Waals surface area contributed by atoms with Gasteiger partial charge in [-0.25, -0.2) is 4.68 Å². The molecule has 0 atom stereocenters. The van der Waals surface area contributed by atoms with Crippen LogP contribution in [0.2, 0.25) is 0 Å². The van der Waals surface area contributed by atoms with Gasteiger partial charge in [-0.3, -0.25) is 0 Å². The van der Waals surface area contributed by atoms with Crippen molar-refractivity contribution in [2.45, 2.75) is 38.0 Å². The van der Waals surface area contributed by atoms with Gasteiger partial charge in [0.25, 0.3) is 0 Å². The predicted octanol–water partition coefficient (Wildman–Crippen LogP) is 2.95. The molecule has 19 heavy (non-hydrogen) atoms. The van der Waals surface area contributed by atoms with Crippen LogP contribution in [0.5, 0.6) is 0 Å². The maximum Gasteiger partial charge on any atom is 0.0683 e. The highest BCUT2D eigenvalue weighted by atomic mass is 15.3. The Hall–Kier alpha value is -1.61. The van der Waals surface area contributed by atoms with E-state index < -0.39 is 0 Å². The topological polar surface area (TPSA) is 43.8 Å². The Morgan fingerprint density at radius 3 is 2.63 bits per heavy atom. The molecular formula is C16H21N3. The van der Waals surface area contributed by atoms with Crippen molar-refractivity contribution < 1.29 is 0 Å². The Morgan fingerprint density at radius 2 is 2.00 bits per heavy atom. The average Bonchev–Trinajstić information content (AvgIpc) is 3.08. The molecule has 3 heteroatoms. The second-order valence-corrected chi connectivity index (χ2v) is 5.67. The van der Waals surface area contributed by atoms with Crippen LogP contribution in [-0.4, -0.2) is 16.3 Å². The maximum absolute atomic E-state index is 6.12. The minimum Gasteiger partial charge on any atom is -0.330 e. The summed E-state index contributed by atoms with van der Waals surface area (Å²) >= 11 is 0. The van der Waals surface area contributed by atoms with Crippen LogP contribution in [0.1, 0.15) is 36.8 Å². The molecule has 1 aliphatic rings. The number of nitrogens with two attached hydrogens (primary N) is 1. The maximum atomic E-state index is 6.12. The third kappa shape index (κ3) is 2.08. The molecule has 0 spiro atoms. The van der Waals surface area contributed by atoms with Crippen molar-refractivity contribution in [3.8, 4) is 5.69 Å². The van der Waals surface area contributed by atoms with E-state index in [0.29, 0.717) is 0 Å². The Kier molecular flexibility index (Phi) is 3.15. The van der Waals surface area contributed by atoms with Crippen molar-refractivity contribution in [3.63, 3.8) is 0 Å². The number of hydrogen-bond acceptors (Lipinski definition) is 2. The van der Waals surface area contributed by atoms with Gasteiger partial charge in [-0.1, -0.05) is 31.0 Å². The summed E-state index contributed by atoms with van der Waals surface area (Å²) in [7, 11) is 0. The van der Waals surface area contributed by atoms with Crippen LogP contribution < -0.4 is 5.73 Å². The van der Waals surface area contributed by atoms with Gasteiger partial charge in [-0.15, -0.1) is 0 Å². The Labute approximate surface area is 114 Å². The molecule has 2 aromatic rings. The zero-order chi connectivity index (χ0) is 13.3. The molecule has 1 fully saturated rings. The van der Waals surface area contributed by atoms with Crippen LogP contribution >= 0.6 is 0 Å². The molecule has 1 saturated carbocycles. The number of aromatic nitrogens is 2. The fraction of sp³-hybridized carbons (Fsp3) is 0.438. The summed E-state index contributed by atoms with van der Waals surface area (Å²) in [6, 6.07) is 8.57. The molecule has 1 aromatic heterocycles. The Bertz CT molecular complexity index is 565. The smallest absolute Gasteiger partial charge is 0.0683 e. The van der Waals surface area contributed by atoms with E-state index >= 15 is 0 Å². The molecule has 100 valence electrons. The van der Waals surface area contributed by atoms with Gasteiger partial charge in [0.15, 0.2) is 0 Å².